The number of sulfone groups is 1. The van der Waals surface area contributed by atoms with E-state index in [2.05, 4.69) is 80.0 Å². The molecule has 5 amide bonds. The fraction of sp³-hybridized carbons (Fsp3) is 0.488. The first kappa shape index (κ1) is 90.6. The second-order valence-electron chi connectivity index (χ2n) is 33.3. The number of likely N-dealkylation sites (N-methyl/N-ethyl adjacent to an activating group) is 1. The quantitative estimate of drug-likeness (QED) is 0.0169. The number of anilines is 3. The average Bonchev–Trinajstić information content (AvgIpc) is 1.09. The number of carbonyl (C=O) groups is 5. The second kappa shape index (κ2) is 40.1. The normalized spacial score (nSPS) is 19.7. The van der Waals surface area contributed by atoms with Gasteiger partial charge < -0.3 is 50.7 Å². The lowest BCUT2D eigenvalue weighted by Crippen LogP contribution is -2.58. The summed E-state index contributed by atoms with van der Waals surface area (Å²) in [7, 11) is -9.26. The molecule has 5 aromatic carbocycles. The number of aryl methyl sites for hydroxylation is 1. The Hall–Kier alpha value is -8.61. The van der Waals surface area contributed by atoms with Crippen LogP contribution in [0.2, 0.25) is 5.02 Å². The molecule has 4 saturated heterocycles. The van der Waals surface area contributed by atoms with Crippen LogP contribution in [0.15, 0.2) is 159 Å². The number of thioether (sulfide) groups is 1. The van der Waals surface area contributed by atoms with E-state index in [1.165, 1.54) is 39.9 Å². The zero-order chi connectivity index (χ0) is 85.7. The maximum atomic E-state index is 14.5. The van der Waals surface area contributed by atoms with Crippen molar-refractivity contribution < 1.29 is 63.8 Å². The summed E-state index contributed by atoms with van der Waals surface area (Å²) in [5.41, 5.74) is 2.47. The molecule has 0 unspecified atom stereocenters. The van der Waals surface area contributed by atoms with Crippen LogP contribution in [0.5, 0.6) is 0 Å². The van der Waals surface area contributed by atoms with Crippen molar-refractivity contribution in [3.8, 4) is 10.4 Å². The molecule has 646 valence electrons. The van der Waals surface area contributed by atoms with Crippen LogP contribution < -0.4 is 35.8 Å². The van der Waals surface area contributed by atoms with Gasteiger partial charge in [0.1, 0.15) is 17.0 Å². The van der Waals surface area contributed by atoms with Crippen LogP contribution in [0.25, 0.3) is 16.0 Å². The van der Waals surface area contributed by atoms with Crippen molar-refractivity contribution in [2.45, 2.75) is 137 Å². The number of alkyl halides is 3. The zero-order valence-electron chi connectivity index (χ0n) is 68.9. The number of rotatable bonds is 32. The summed E-state index contributed by atoms with van der Waals surface area (Å²) in [6.07, 6.45) is 3.65. The van der Waals surface area contributed by atoms with Gasteiger partial charge in [0.05, 0.1) is 52.0 Å². The molecule has 0 spiro atoms. The third kappa shape index (κ3) is 23.8. The summed E-state index contributed by atoms with van der Waals surface area (Å²) >= 11 is 9.41. The third-order valence-electron chi connectivity index (χ3n) is 22.9. The lowest BCUT2D eigenvalue weighted by Gasteiger charge is -2.44. The Kier molecular flexibility index (Phi) is 30.3. The third-order valence-corrected chi connectivity index (χ3v) is 28.2. The molecule has 0 bridgehead atoms. The van der Waals surface area contributed by atoms with E-state index in [0.717, 1.165) is 135 Å². The molecule has 7 aromatic rings. The van der Waals surface area contributed by atoms with E-state index in [1.54, 1.807) is 47.0 Å². The summed E-state index contributed by atoms with van der Waals surface area (Å²) in [4.78, 5) is 87.7. The van der Waals surface area contributed by atoms with Crippen LogP contribution in [0, 0.1) is 17.8 Å². The predicted octanol–water partition coefficient (Wildman–Crippen LogP) is 10.7. The Balaban J connectivity index is 0.583. The smallest absolute Gasteiger partial charge is 0.391 e. The Morgan fingerprint density at radius 3 is 2.17 bits per heavy atom. The van der Waals surface area contributed by atoms with Crippen molar-refractivity contribution in [3.63, 3.8) is 0 Å². The Labute approximate surface area is 714 Å². The van der Waals surface area contributed by atoms with E-state index in [1.807, 2.05) is 112 Å². The molecule has 6 heterocycles. The van der Waals surface area contributed by atoms with E-state index in [-0.39, 0.29) is 54.0 Å². The largest absolute Gasteiger partial charge is 0.501 e. The first-order valence-corrected chi connectivity index (χ1v) is 46.0. The van der Waals surface area contributed by atoms with Gasteiger partial charge in [0, 0.05) is 151 Å². The van der Waals surface area contributed by atoms with Gasteiger partial charge in [-0.1, -0.05) is 99.5 Å². The van der Waals surface area contributed by atoms with Crippen molar-refractivity contribution >= 4 is 107 Å². The number of piperazine rings is 2. The Bertz CT molecular complexity index is 4950. The highest BCUT2D eigenvalue weighted by molar-refractivity contribution is 7.99. The number of likely N-dealkylation sites (tertiary alicyclic amines) is 1. The van der Waals surface area contributed by atoms with Gasteiger partial charge in [0.2, 0.25) is 17.7 Å². The molecule has 34 heteroatoms. The van der Waals surface area contributed by atoms with Crippen LogP contribution in [-0.4, -0.2) is 258 Å². The average molecular weight is 1750 g/mol. The number of thiazole rings is 1. The van der Waals surface area contributed by atoms with Crippen molar-refractivity contribution in [3.05, 3.63) is 178 Å². The van der Waals surface area contributed by atoms with Gasteiger partial charge in [-0.05, 0) is 171 Å². The molecule has 0 radical (unpaired) electrons. The standard InChI is InChI=1S/C86H109ClF3N15O11S4/c1-58(60-15-17-62(18-16-60)78-59(2)92-57-118-78)93-82(110)74-49-68(106)53-105(74)83(111)79(84(3,4)5)95-77(107)54-99(7)35-11-34-91-81(109)73-29-30-76(97-96-73)104-44-40-102(41-45-104)56-85(6)33-31-71(61-19-23-65(87)24-20-61)64(51-85)52-101-38-42-103(43-39-101)67-25-21-63(22-26-67)80(108)98-120(114,115)70-27-28-72(75(50-70)119(112,113)86(88,89)90)94-66(55-117-69-13-9-8-10-14-69)32-37-100-36-12-47-116-48-46-100/h8-10,13-30,50,57-58,66,68,74,79,94,106H,11-12,31-49,51-56H2,1-7H3,(H,91,109)(H,93,110)(H,95,107)(H,98,108)/t58-,66+,68+,74-,79+,85+/m0/s1. The number of aromatic nitrogens is 3. The molecule has 120 heavy (non-hydrogen) atoms. The molecule has 6 atom stereocenters. The molecule has 26 nitrogen and oxygen atoms in total. The highest BCUT2D eigenvalue weighted by Crippen LogP contribution is 2.45. The number of halogens is 4. The number of amides is 5. The summed E-state index contributed by atoms with van der Waals surface area (Å²) < 4.78 is 105. The lowest BCUT2D eigenvalue weighted by atomic mass is 9.71. The summed E-state index contributed by atoms with van der Waals surface area (Å²) in [6, 6.07) is 34.7. The summed E-state index contributed by atoms with van der Waals surface area (Å²) in [5.74, 6) is -1.64. The zero-order valence-corrected chi connectivity index (χ0v) is 72.9. The van der Waals surface area contributed by atoms with Gasteiger partial charge in [0.25, 0.3) is 31.7 Å². The van der Waals surface area contributed by atoms with Gasteiger partial charge in [-0.2, -0.15) is 13.2 Å². The minimum atomic E-state index is -6.12. The van der Waals surface area contributed by atoms with E-state index >= 15 is 0 Å². The van der Waals surface area contributed by atoms with E-state index < -0.39 is 88.2 Å². The van der Waals surface area contributed by atoms with Crippen LogP contribution >= 0.6 is 34.7 Å². The molecule has 6 N–H and O–H groups in total. The van der Waals surface area contributed by atoms with Crippen molar-refractivity contribution in [2.24, 2.45) is 10.8 Å². The van der Waals surface area contributed by atoms with Gasteiger partial charge in [-0.3, -0.25) is 38.7 Å². The van der Waals surface area contributed by atoms with Crippen molar-refractivity contribution in [2.75, 3.05) is 152 Å². The SMILES string of the molecule is Cc1ncsc1-c1ccc([C@H](C)NC(=O)[C@@H]2C[C@@H](O)CN2C(=O)[C@@H](NC(=O)CN(C)CCCNC(=O)c2ccc(N3CCN(C[C@]4(C)CCC(c5ccc(Cl)cc5)=C(CN5CCN(c6ccc(C(=O)NS(=O)(=O)c7ccc(N[C@H](CCN8CCCOCC8)CSc8ccccc8)c(S(=O)(=O)C(F)(F)F)c7)cc6)CC5)C4)CC3)nn2)C(C)(C)C)cc1. The van der Waals surface area contributed by atoms with Gasteiger partial charge in [-0.25, -0.2) is 26.5 Å². The molecule has 4 fully saturated rings. The molecule has 0 saturated carbocycles. The van der Waals surface area contributed by atoms with Gasteiger partial charge in [0.15, 0.2) is 11.5 Å². The molecular formula is C86H109ClF3N15O11S4. The number of β-amino-alcohol motifs (C(OH)–C–C–N with tert-alkyl or cyclic N) is 1. The number of aliphatic hydroxyl groups is 1. The number of carbonyl (C=O) groups excluding carboxylic acids is 5. The fourth-order valence-electron chi connectivity index (χ4n) is 16.2. The molecular weight excluding hydrogens is 1640 g/mol. The maximum absolute atomic E-state index is 14.5. The first-order chi connectivity index (χ1) is 57.1. The number of hydrogen-bond donors (Lipinski definition) is 6. The monoisotopic (exact) mass is 1750 g/mol. The lowest BCUT2D eigenvalue weighted by molar-refractivity contribution is -0.144. The van der Waals surface area contributed by atoms with E-state index in [0.29, 0.717) is 88.0 Å². The number of allylic oxidation sites excluding steroid dienone is 1. The predicted molar refractivity (Wildman–Crippen MR) is 462 cm³/mol. The summed E-state index contributed by atoms with van der Waals surface area (Å²) in [5, 5.41) is 32.2. The van der Waals surface area contributed by atoms with Crippen LogP contribution in [0.1, 0.15) is 123 Å². The topological polar surface area (TPSA) is 305 Å². The molecule has 12 rings (SSSR count). The van der Waals surface area contributed by atoms with Crippen molar-refractivity contribution in [1.29, 1.82) is 0 Å². The van der Waals surface area contributed by atoms with Crippen LogP contribution in [0.3, 0.4) is 0 Å². The molecule has 2 aromatic heterocycles. The van der Waals surface area contributed by atoms with Crippen molar-refractivity contribution in [1.82, 2.24) is 60.4 Å². The molecule has 4 aliphatic heterocycles. The molecule has 1 aliphatic carbocycles. The van der Waals surface area contributed by atoms with Crippen LogP contribution in [-0.2, 0) is 39.0 Å². The highest BCUT2D eigenvalue weighted by atomic mass is 35.5. The maximum Gasteiger partial charge on any atom is 0.501 e. The van der Waals surface area contributed by atoms with Crippen LogP contribution in [0.4, 0.5) is 30.4 Å². The minimum Gasteiger partial charge on any atom is -0.391 e. The number of benzene rings is 5. The summed E-state index contributed by atoms with van der Waals surface area (Å²) in [6.45, 7) is 23.0. The molecule has 5 aliphatic rings. The minimum absolute atomic E-state index is 0.0295. The van der Waals surface area contributed by atoms with E-state index in [9.17, 15) is 59.1 Å². The Morgan fingerprint density at radius 2 is 1.49 bits per heavy atom. The Morgan fingerprint density at radius 1 is 0.792 bits per heavy atom. The number of hydrogen-bond acceptors (Lipinski definition) is 23. The first-order valence-electron chi connectivity index (χ1n) is 40.8. The number of nitrogens with one attached hydrogen (secondary N) is 5. The van der Waals surface area contributed by atoms with E-state index in [4.69, 9.17) is 16.3 Å². The second-order valence-corrected chi connectivity index (χ2v) is 39.2. The number of sulfonamides is 1. The highest BCUT2D eigenvalue weighted by Gasteiger charge is 2.49. The van der Waals surface area contributed by atoms with Gasteiger partial charge >= 0.3 is 5.51 Å². The number of ether oxygens (including phenoxy) is 1. The number of aliphatic hydroxyl groups excluding tert-OH is 1. The number of nitrogens with zero attached hydrogens (tertiary/aromatic N) is 10. The fourth-order valence-corrected chi connectivity index (χ4v) is 20.2. The van der Waals surface area contributed by atoms with Gasteiger partial charge in [-0.15, -0.1) is 33.3 Å².